The smallest absolute Gasteiger partial charge is 0.252 e. The molecule has 1 amide bonds. The number of rotatable bonds is 5. The Morgan fingerprint density at radius 1 is 1.19 bits per heavy atom. The molecule has 0 aliphatic carbocycles. The third-order valence-corrected chi connectivity index (χ3v) is 7.78. The van der Waals surface area contributed by atoms with Crippen LogP contribution >= 0.6 is 0 Å². The van der Waals surface area contributed by atoms with Crippen LogP contribution in [-0.2, 0) is 4.79 Å². The number of nitrogens with zero attached hydrogens (tertiary/aromatic N) is 8. The standard InChI is InChI=1S/C27H30N8O/c1-4-19-10-11-22-25(34-14-7-12-27(34,5-2)26(36)32(22)3)31-24(19)33-15-13-29-23(33)20-8-6-9-21(16-20)35-18-28-17-30-35/h6,8-9,11,13,15-18H,4-5,7,10,12,14H2,1-3H3. The number of carbonyl (C=O) groups excluding carboxylic acids is 1. The maximum atomic E-state index is 13.5. The number of likely N-dealkylation sites (N-methyl/N-ethyl adjacent to an activating group) is 1. The molecule has 0 N–H and O–H groups in total. The van der Waals surface area contributed by atoms with E-state index in [-0.39, 0.29) is 5.91 Å². The van der Waals surface area contributed by atoms with Crippen LogP contribution in [0.5, 0.6) is 0 Å². The molecular weight excluding hydrogens is 452 g/mol. The van der Waals surface area contributed by atoms with Crippen LogP contribution < -0.4 is 0 Å². The number of aromatic nitrogens is 5. The first kappa shape index (κ1) is 22.5. The number of fused-ring (bicyclic) bond motifs is 3. The van der Waals surface area contributed by atoms with Crippen LogP contribution in [0, 0.1) is 0 Å². The van der Waals surface area contributed by atoms with Gasteiger partial charge in [0.05, 0.1) is 11.4 Å². The Kier molecular flexibility index (Phi) is 5.35. The van der Waals surface area contributed by atoms with Gasteiger partial charge in [0.2, 0.25) is 0 Å². The van der Waals surface area contributed by atoms with Gasteiger partial charge in [-0.15, -0.1) is 0 Å². The van der Waals surface area contributed by atoms with Crippen LogP contribution in [0.25, 0.3) is 22.9 Å². The Bertz CT molecular complexity index is 1410. The van der Waals surface area contributed by atoms with E-state index >= 15 is 0 Å². The molecular formula is C27H30N8O. The highest BCUT2D eigenvalue weighted by Gasteiger charge is 2.54. The number of aliphatic imine (C=N–C) groups is 1. The summed E-state index contributed by atoms with van der Waals surface area (Å²) in [6.45, 7) is 5.11. The third kappa shape index (κ3) is 3.26. The summed E-state index contributed by atoms with van der Waals surface area (Å²) in [6, 6.07) is 8.11. The molecule has 5 heterocycles. The molecule has 3 aliphatic rings. The number of hydrogen-bond acceptors (Lipinski definition) is 6. The molecule has 2 fully saturated rings. The highest BCUT2D eigenvalue weighted by Crippen LogP contribution is 2.42. The minimum absolute atomic E-state index is 0.183. The van der Waals surface area contributed by atoms with Crippen molar-refractivity contribution in [2.75, 3.05) is 13.6 Å². The van der Waals surface area contributed by atoms with E-state index in [1.54, 1.807) is 11.0 Å². The van der Waals surface area contributed by atoms with Crippen LogP contribution in [-0.4, -0.2) is 65.0 Å². The van der Waals surface area contributed by atoms with Crippen molar-refractivity contribution >= 4 is 17.6 Å². The first-order valence-electron chi connectivity index (χ1n) is 12.6. The lowest BCUT2D eigenvalue weighted by molar-refractivity contribution is -0.139. The number of allylic oxidation sites excluding steroid dienone is 2. The summed E-state index contributed by atoms with van der Waals surface area (Å²) in [4.78, 5) is 31.7. The second-order valence-electron chi connectivity index (χ2n) is 9.53. The summed E-state index contributed by atoms with van der Waals surface area (Å²) in [6.07, 6.45) is 13.4. The van der Waals surface area contributed by atoms with Crippen LogP contribution in [0.4, 0.5) is 0 Å². The van der Waals surface area contributed by atoms with Crippen molar-refractivity contribution in [3.05, 3.63) is 66.7 Å². The molecule has 0 bridgehead atoms. The highest BCUT2D eigenvalue weighted by molar-refractivity contribution is 6.11. The fourth-order valence-corrected chi connectivity index (χ4v) is 5.82. The van der Waals surface area contributed by atoms with Gasteiger partial charge in [0.15, 0.2) is 5.84 Å². The van der Waals surface area contributed by atoms with E-state index < -0.39 is 5.54 Å². The Hall–Kier alpha value is -4.01. The number of amides is 1. The zero-order chi connectivity index (χ0) is 24.9. The van der Waals surface area contributed by atoms with Gasteiger partial charge in [-0.3, -0.25) is 9.36 Å². The predicted octanol–water partition coefficient (Wildman–Crippen LogP) is 4.11. The van der Waals surface area contributed by atoms with Crippen LogP contribution in [0.2, 0.25) is 0 Å². The van der Waals surface area contributed by atoms with Gasteiger partial charge in [0.1, 0.15) is 29.8 Å². The number of amidine groups is 1. The lowest BCUT2D eigenvalue weighted by Gasteiger charge is -2.47. The molecule has 0 radical (unpaired) electrons. The zero-order valence-electron chi connectivity index (χ0n) is 20.9. The van der Waals surface area contributed by atoms with Crippen molar-refractivity contribution in [3.63, 3.8) is 0 Å². The van der Waals surface area contributed by atoms with E-state index in [1.165, 1.54) is 11.9 Å². The molecule has 2 aromatic heterocycles. The van der Waals surface area contributed by atoms with Gasteiger partial charge in [0, 0.05) is 31.5 Å². The van der Waals surface area contributed by atoms with Gasteiger partial charge in [-0.05, 0) is 49.8 Å². The summed E-state index contributed by atoms with van der Waals surface area (Å²) in [7, 11) is 1.89. The molecule has 3 aliphatic heterocycles. The fraction of sp³-hybridized carbons (Fsp3) is 0.370. The van der Waals surface area contributed by atoms with Crippen molar-refractivity contribution in [1.82, 2.24) is 34.1 Å². The number of carbonyl (C=O) groups is 1. The van der Waals surface area contributed by atoms with Gasteiger partial charge in [0.25, 0.3) is 5.91 Å². The van der Waals surface area contributed by atoms with E-state index in [2.05, 4.69) is 51.6 Å². The van der Waals surface area contributed by atoms with Gasteiger partial charge in [-0.25, -0.2) is 19.6 Å². The monoisotopic (exact) mass is 482 g/mol. The summed E-state index contributed by atoms with van der Waals surface area (Å²) < 4.78 is 3.82. The number of hydrogen-bond donors (Lipinski definition) is 0. The molecule has 0 spiro atoms. The molecule has 36 heavy (non-hydrogen) atoms. The minimum Gasteiger partial charge on any atom is -0.340 e. The van der Waals surface area contributed by atoms with Gasteiger partial charge < -0.3 is 9.80 Å². The lowest BCUT2D eigenvalue weighted by atomic mass is 9.88. The number of imidazole rings is 1. The minimum atomic E-state index is -0.503. The van der Waals surface area contributed by atoms with E-state index in [1.807, 2.05) is 36.5 Å². The van der Waals surface area contributed by atoms with Gasteiger partial charge in [-0.2, -0.15) is 5.10 Å². The van der Waals surface area contributed by atoms with Crippen LogP contribution in [0.1, 0.15) is 46.0 Å². The average molecular weight is 483 g/mol. The topological polar surface area (TPSA) is 84.4 Å². The molecule has 1 unspecified atom stereocenters. The Balaban J connectivity index is 1.48. The summed E-state index contributed by atoms with van der Waals surface area (Å²) >= 11 is 0. The fourth-order valence-electron chi connectivity index (χ4n) is 5.82. The van der Waals surface area contributed by atoms with E-state index in [0.717, 1.165) is 73.1 Å². The van der Waals surface area contributed by atoms with Crippen molar-refractivity contribution in [2.45, 2.75) is 51.5 Å². The van der Waals surface area contributed by atoms with Crippen molar-refractivity contribution in [2.24, 2.45) is 4.99 Å². The average Bonchev–Trinajstić information content (AvgIpc) is 3.67. The molecule has 1 atom stereocenters. The van der Waals surface area contributed by atoms with E-state index in [4.69, 9.17) is 9.98 Å². The normalized spacial score (nSPS) is 21.8. The first-order valence-corrected chi connectivity index (χ1v) is 12.6. The Morgan fingerprint density at radius 2 is 2.08 bits per heavy atom. The van der Waals surface area contributed by atoms with E-state index in [0.29, 0.717) is 0 Å². The summed E-state index contributed by atoms with van der Waals surface area (Å²) in [5.41, 5.74) is 3.49. The molecule has 0 saturated carbocycles. The quantitative estimate of drug-likeness (QED) is 0.546. The van der Waals surface area contributed by atoms with E-state index in [9.17, 15) is 4.79 Å². The van der Waals surface area contributed by atoms with Crippen molar-refractivity contribution < 1.29 is 4.79 Å². The van der Waals surface area contributed by atoms with Crippen molar-refractivity contribution in [1.29, 1.82) is 0 Å². The largest absolute Gasteiger partial charge is 0.340 e. The number of piperazine rings is 1. The van der Waals surface area contributed by atoms with Gasteiger partial charge in [-0.1, -0.05) is 32.1 Å². The highest BCUT2D eigenvalue weighted by atomic mass is 16.2. The summed E-state index contributed by atoms with van der Waals surface area (Å²) in [5, 5.41) is 4.27. The SMILES string of the molecule is CCC1=C(n2ccnc2-c2cccc(-n3cncn3)c2)N=C2C(=CC1)N(C)C(=O)C1(CC)CCCN21. The lowest BCUT2D eigenvalue weighted by Crippen LogP contribution is -2.63. The molecule has 1 aromatic carbocycles. The molecule has 6 rings (SSSR count). The molecule has 3 aromatic rings. The molecule has 2 saturated heterocycles. The summed E-state index contributed by atoms with van der Waals surface area (Å²) in [5.74, 6) is 2.78. The third-order valence-electron chi connectivity index (χ3n) is 7.78. The maximum Gasteiger partial charge on any atom is 0.252 e. The van der Waals surface area contributed by atoms with Crippen molar-refractivity contribution in [3.8, 4) is 17.1 Å². The van der Waals surface area contributed by atoms with Crippen LogP contribution in [0.3, 0.4) is 0 Å². The predicted molar refractivity (Wildman–Crippen MR) is 138 cm³/mol. The maximum absolute atomic E-state index is 13.5. The first-order chi connectivity index (χ1) is 17.6. The Morgan fingerprint density at radius 3 is 2.86 bits per heavy atom. The molecule has 9 nitrogen and oxygen atoms in total. The zero-order valence-corrected chi connectivity index (χ0v) is 20.9. The Labute approximate surface area is 210 Å². The van der Waals surface area contributed by atoms with Gasteiger partial charge >= 0.3 is 0 Å². The molecule has 184 valence electrons. The molecule has 9 heteroatoms. The number of benzene rings is 1. The second-order valence-corrected chi connectivity index (χ2v) is 9.53. The van der Waals surface area contributed by atoms with Crippen LogP contribution in [0.15, 0.2) is 71.7 Å². The second kappa shape index (κ2) is 8.58.